The van der Waals surface area contributed by atoms with Gasteiger partial charge in [0.05, 0.1) is 0 Å². The Balaban J connectivity index is 2.03. The monoisotopic (exact) mass is 198 g/mol. The van der Waals surface area contributed by atoms with E-state index in [-0.39, 0.29) is 0 Å². The van der Waals surface area contributed by atoms with Crippen molar-refractivity contribution in [2.24, 2.45) is 0 Å². The highest BCUT2D eigenvalue weighted by molar-refractivity contribution is 4.88. The first kappa shape index (κ1) is 12.0. The molecule has 0 aliphatic heterocycles. The average molecular weight is 198 g/mol. The average Bonchev–Trinajstić information content (AvgIpc) is 2.60. The van der Waals surface area contributed by atoms with E-state index in [2.05, 4.69) is 31.4 Å². The Morgan fingerprint density at radius 3 is 2.43 bits per heavy atom. The van der Waals surface area contributed by atoms with Gasteiger partial charge in [0.15, 0.2) is 0 Å². The first-order chi connectivity index (χ1) is 6.66. The highest BCUT2D eigenvalue weighted by atomic mass is 15.0. The molecular weight excluding hydrogens is 172 g/mol. The molecule has 2 nitrogen and oxygen atoms in total. The molecule has 2 heteroatoms. The summed E-state index contributed by atoms with van der Waals surface area (Å²) in [7, 11) is 0. The summed E-state index contributed by atoms with van der Waals surface area (Å²) in [6.45, 7) is 9.05. The second-order valence-corrected chi connectivity index (χ2v) is 4.96. The van der Waals surface area contributed by atoms with Gasteiger partial charge in [-0.1, -0.05) is 19.8 Å². The maximum Gasteiger partial charge on any atom is 0.0153 e. The molecule has 0 radical (unpaired) electrons. The van der Waals surface area contributed by atoms with Gasteiger partial charge in [-0.15, -0.1) is 0 Å². The van der Waals surface area contributed by atoms with E-state index in [9.17, 15) is 0 Å². The third-order valence-electron chi connectivity index (χ3n) is 3.49. The third kappa shape index (κ3) is 3.97. The first-order valence-corrected chi connectivity index (χ1v) is 6.15. The van der Waals surface area contributed by atoms with E-state index in [1.807, 2.05) is 0 Å². The molecule has 0 spiro atoms. The van der Waals surface area contributed by atoms with E-state index in [1.165, 1.54) is 32.1 Å². The van der Waals surface area contributed by atoms with E-state index in [0.717, 1.165) is 13.1 Å². The van der Waals surface area contributed by atoms with E-state index in [1.54, 1.807) is 0 Å². The Labute approximate surface area is 88.8 Å². The molecule has 84 valence electrons. The summed E-state index contributed by atoms with van der Waals surface area (Å²) in [5.41, 5.74) is 0.442. The predicted octanol–water partition coefficient (Wildman–Crippen LogP) is 2.30. The van der Waals surface area contributed by atoms with E-state index >= 15 is 0 Å². The Hall–Kier alpha value is -0.0800. The van der Waals surface area contributed by atoms with Gasteiger partial charge >= 0.3 is 0 Å². The van der Waals surface area contributed by atoms with Crippen molar-refractivity contribution in [1.82, 2.24) is 10.6 Å². The first-order valence-electron chi connectivity index (χ1n) is 6.15. The molecule has 2 N–H and O–H groups in total. The summed E-state index contributed by atoms with van der Waals surface area (Å²) in [5.74, 6) is 0. The lowest BCUT2D eigenvalue weighted by Gasteiger charge is -2.25. The number of rotatable bonds is 6. The molecule has 0 aromatic carbocycles. The molecule has 0 aromatic heterocycles. The minimum absolute atomic E-state index is 0.442. The fourth-order valence-electron chi connectivity index (χ4n) is 2.16. The van der Waals surface area contributed by atoms with Crippen LogP contribution in [-0.4, -0.2) is 24.7 Å². The number of hydrogen-bond donors (Lipinski definition) is 2. The van der Waals surface area contributed by atoms with Crippen LogP contribution < -0.4 is 10.6 Å². The predicted molar refractivity (Wildman–Crippen MR) is 62.6 cm³/mol. The smallest absolute Gasteiger partial charge is 0.0153 e. The lowest BCUT2D eigenvalue weighted by Crippen LogP contribution is -2.44. The summed E-state index contributed by atoms with van der Waals surface area (Å²) in [6.07, 6.45) is 6.74. The molecule has 14 heavy (non-hydrogen) atoms. The van der Waals surface area contributed by atoms with Crippen molar-refractivity contribution < 1.29 is 0 Å². The van der Waals surface area contributed by atoms with Gasteiger partial charge in [-0.05, 0) is 33.1 Å². The lowest BCUT2D eigenvalue weighted by atomic mass is 10.0. The molecule has 1 aliphatic carbocycles. The molecule has 1 fully saturated rings. The molecule has 0 amide bonds. The van der Waals surface area contributed by atoms with Crippen molar-refractivity contribution in [1.29, 1.82) is 0 Å². The molecule has 0 bridgehead atoms. The van der Waals surface area contributed by atoms with Crippen LogP contribution in [0.1, 0.15) is 52.9 Å². The van der Waals surface area contributed by atoms with Crippen LogP contribution in [0.15, 0.2) is 0 Å². The molecular formula is C12H26N2. The fourth-order valence-corrected chi connectivity index (χ4v) is 2.16. The van der Waals surface area contributed by atoms with Gasteiger partial charge in [0.25, 0.3) is 0 Å². The van der Waals surface area contributed by atoms with Crippen LogP contribution in [0, 0.1) is 0 Å². The standard InChI is InChI=1S/C12H26N2/c1-4-11(2)13-9-10-14-12(3)7-5-6-8-12/h11,13-14H,4-10H2,1-3H3. The van der Waals surface area contributed by atoms with Crippen molar-refractivity contribution >= 4 is 0 Å². The third-order valence-corrected chi connectivity index (χ3v) is 3.49. The maximum atomic E-state index is 3.67. The van der Waals surface area contributed by atoms with Crippen molar-refractivity contribution in [3.05, 3.63) is 0 Å². The highest BCUT2D eigenvalue weighted by Gasteiger charge is 2.27. The van der Waals surface area contributed by atoms with Crippen molar-refractivity contribution in [3.63, 3.8) is 0 Å². The minimum Gasteiger partial charge on any atom is -0.313 e. The SMILES string of the molecule is CCC(C)NCCNC1(C)CCCC1. The van der Waals surface area contributed by atoms with Gasteiger partial charge in [-0.2, -0.15) is 0 Å². The summed E-state index contributed by atoms with van der Waals surface area (Å²) >= 11 is 0. The van der Waals surface area contributed by atoms with E-state index in [0.29, 0.717) is 11.6 Å². The summed E-state index contributed by atoms with van der Waals surface area (Å²) in [5, 5.41) is 7.19. The second-order valence-electron chi connectivity index (χ2n) is 4.96. The van der Waals surface area contributed by atoms with Gasteiger partial charge < -0.3 is 10.6 Å². The highest BCUT2D eigenvalue weighted by Crippen LogP contribution is 2.28. The van der Waals surface area contributed by atoms with Crippen molar-refractivity contribution in [2.45, 2.75) is 64.5 Å². The summed E-state index contributed by atoms with van der Waals surface area (Å²) in [6, 6.07) is 0.660. The van der Waals surface area contributed by atoms with Gasteiger partial charge in [0, 0.05) is 24.7 Å². The molecule has 1 atom stereocenters. The molecule has 1 aliphatic rings. The van der Waals surface area contributed by atoms with Crippen LogP contribution in [0.2, 0.25) is 0 Å². The fraction of sp³-hybridized carbons (Fsp3) is 1.00. The molecule has 0 saturated heterocycles. The van der Waals surface area contributed by atoms with Gasteiger partial charge in [0.1, 0.15) is 0 Å². The van der Waals surface area contributed by atoms with Crippen LogP contribution in [0.4, 0.5) is 0 Å². The van der Waals surface area contributed by atoms with E-state index in [4.69, 9.17) is 0 Å². The topological polar surface area (TPSA) is 24.1 Å². The summed E-state index contributed by atoms with van der Waals surface area (Å²) < 4.78 is 0. The quantitative estimate of drug-likeness (QED) is 0.640. The maximum absolute atomic E-state index is 3.67. The second kappa shape index (κ2) is 5.72. The zero-order valence-corrected chi connectivity index (χ0v) is 10.0. The van der Waals surface area contributed by atoms with Crippen LogP contribution in [0.25, 0.3) is 0 Å². The molecule has 1 unspecified atom stereocenters. The van der Waals surface area contributed by atoms with Crippen molar-refractivity contribution in [3.8, 4) is 0 Å². The number of nitrogens with one attached hydrogen (secondary N) is 2. The molecule has 1 rings (SSSR count). The zero-order valence-electron chi connectivity index (χ0n) is 10.0. The number of hydrogen-bond acceptors (Lipinski definition) is 2. The Morgan fingerprint density at radius 2 is 1.86 bits per heavy atom. The Bertz CT molecular complexity index is 150. The molecule has 0 heterocycles. The van der Waals surface area contributed by atoms with Gasteiger partial charge in [-0.3, -0.25) is 0 Å². The van der Waals surface area contributed by atoms with Gasteiger partial charge in [-0.25, -0.2) is 0 Å². The van der Waals surface area contributed by atoms with E-state index < -0.39 is 0 Å². The normalized spacial score (nSPS) is 22.5. The molecule has 0 aromatic rings. The van der Waals surface area contributed by atoms with Crippen LogP contribution in [-0.2, 0) is 0 Å². The molecule has 1 saturated carbocycles. The van der Waals surface area contributed by atoms with Crippen LogP contribution in [0.5, 0.6) is 0 Å². The Kier molecular flexibility index (Phi) is 4.90. The lowest BCUT2D eigenvalue weighted by molar-refractivity contribution is 0.359. The minimum atomic E-state index is 0.442. The van der Waals surface area contributed by atoms with Crippen LogP contribution >= 0.6 is 0 Å². The van der Waals surface area contributed by atoms with Crippen LogP contribution in [0.3, 0.4) is 0 Å². The van der Waals surface area contributed by atoms with Gasteiger partial charge in [0.2, 0.25) is 0 Å². The summed E-state index contributed by atoms with van der Waals surface area (Å²) in [4.78, 5) is 0. The van der Waals surface area contributed by atoms with Crippen molar-refractivity contribution in [2.75, 3.05) is 13.1 Å². The zero-order chi connectivity index (χ0) is 10.4. The Morgan fingerprint density at radius 1 is 1.21 bits per heavy atom. The largest absolute Gasteiger partial charge is 0.313 e.